The van der Waals surface area contributed by atoms with Crippen LogP contribution < -0.4 is 11.1 Å². The average molecular weight is 484 g/mol. The van der Waals surface area contributed by atoms with Gasteiger partial charge in [-0.1, -0.05) is 0 Å². The predicted molar refractivity (Wildman–Crippen MR) is 113 cm³/mol. The van der Waals surface area contributed by atoms with E-state index in [1.54, 1.807) is 23.9 Å². The van der Waals surface area contributed by atoms with Crippen molar-refractivity contribution >= 4 is 35.3 Å². The molecule has 9 nitrogen and oxygen atoms in total. The number of rotatable bonds is 8. The number of aromatic nitrogens is 1. The first-order valence-corrected chi connectivity index (χ1v) is 10.2. The van der Waals surface area contributed by atoms with Crippen molar-refractivity contribution in [1.29, 1.82) is 5.26 Å². The Labute approximate surface area is 190 Å². The number of hydrogen-bond acceptors (Lipinski definition) is 7. The van der Waals surface area contributed by atoms with Crippen molar-refractivity contribution in [3.63, 3.8) is 0 Å². The van der Waals surface area contributed by atoms with Gasteiger partial charge >= 0.3 is 18.1 Å². The summed E-state index contributed by atoms with van der Waals surface area (Å²) in [6.07, 6.45) is -1.67. The van der Waals surface area contributed by atoms with Gasteiger partial charge in [0.1, 0.15) is 0 Å². The largest absolute Gasteiger partial charge is 0.490 e. The number of anilines is 1. The Hall–Kier alpha value is -3.63. The van der Waals surface area contributed by atoms with Crippen LogP contribution in [0.4, 0.5) is 18.9 Å². The summed E-state index contributed by atoms with van der Waals surface area (Å²) < 4.78 is 31.7. The summed E-state index contributed by atoms with van der Waals surface area (Å²) in [5.74, 6) is -3.54. The van der Waals surface area contributed by atoms with Crippen molar-refractivity contribution in [2.45, 2.75) is 24.0 Å². The second kappa shape index (κ2) is 13.0. The summed E-state index contributed by atoms with van der Waals surface area (Å²) in [7, 11) is 0. The molecule has 0 bridgehead atoms. The lowest BCUT2D eigenvalue weighted by Gasteiger charge is -2.09. The number of nitriles is 1. The molecule has 1 aromatic carbocycles. The smallest absolute Gasteiger partial charge is 0.478 e. The van der Waals surface area contributed by atoms with Crippen LogP contribution in [0.2, 0.25) is 0 Å². The van der Waals surface area contributed by atoms with E-state index >= 15 is 0 Å². The standard InChI is InChI=1S/C18H18N4O3S.C2HF3O2/c19-7-1-2-8-26-16-6-4-13(11-21-16)17(23)22-15-5-3-12(10-20)9-14(15)18(24)25;3-2(4,5)1(6)7/h3-6,9,11H,1-2,7-8,19H2,(H,22,23)(H,24,25);(H,6,7). The maximum absolute atomic E-state index is 12.3. The van der Waals surface area contributed by atoms with E-state index in [4.69, 9.17) is 20.9 Å². The fourth-order valence-electron chi connectivity index (χ4n) is 2.12. The minimum atomic E-state index is -5.08. The van der Waals surface area contributed by atoms with Crippen LogP contribution in [0, 0.1) is 11.3 Å². The van der Waals surface area contributed by atoms with E-state index in [2.05, 4.69) is 10.3 Å². The van der Waals surface area contributed by atoms with E-state index < -0.39 is 24.0 Å². The lowest BCUT2D eigenvalue weighted by Crippen LogP contribution is -2.21. The summed E-state index contributed by atoms with van der Waals surface area (Å²) in [6.45, 7) is 0.667. The second-order valence-electron chi connectivity index (χ2n) is 6.16. The zero-order chi connectivity index (χ0) is 25.0. The molecule has 0 aliphatic heterocycles. The number of thioether (sulfide) groups is 1. The third kappa shape index (κ3) is 9.58. The third-order valence-electron chi connectivity index (χ3n) is 3.72. The Balaban J connectivity index is 0.000000675. The van der Waals surface area contributed by atoms with Gasteiger partial charge in [-0.15, -0.1) is 11.8 Å². The number of aromatic carboxylic acids is 1. The molecule has 5 N–H and O–H groups in total. The van der Waals surface area contributed by atoms with Crippen molar-refractivity contribution < 1.29 is 37.8 Å². The number of unbranched alkanes of at least 4 members (excludes halogenated alkanes) is 1. The van der Waals surface area contributed by atoms with E-state index in [-0.39, 0.29) is 16.8 Å². The monoisotopic (exact) mass is 484 g/mol. The van der Waals surface area contributed by atoms with Crippen molar-refractivity contribution in [1.82, 2.24) is 4.98 Å². The van der Waals surface area contributed by atoms with Crippen LogP contribution >= 0.6 is 11.8 Å². The van der Waals surface area contributed by atoms with Gasteiger partial charge in [-0.3, -0.25) is 4.79 Å². The first-order valence-electron chi connectivity index (χ1n) is 9.17. The molecule has 1 amide bonds. The summed E-state index contributed by atoms with van der Waals surface area (Å²) in [6, 6.07) is 9.32. The molecule has 2 rings (SSSR count). The molecule has 0 unspecified atom stereocenters. The van der Waals surface area contributed by atoms with Crippen LogP contribution in [0.1, 0.15) is 39.1 Å². The molecule has 0 aliphatic rings. The highest BCUT2D eigenvalue weighted by molar-refractivity contribution is 7.99. The normalized spacial score (nSPS) is 10.4. The topological polar surface area (TPSA) is 166 Å². The van der Waals surface area contributed by atoms with Crippen molar-refractivity contribution in [2.75, 3.05) is 17.6 Å². The number of amides is 1. The maximum atomic E-state index is 12.3. The van der Waals surface area contributed by atoms with Crippen molar-refractivity contribution in [3.8, 4) is 6.07 Å². The zero-order valence-corrected chi connectivity index (χ0v) is 17.7. The number of nitrogens with two attached hydrogens (primary N) is 1. The van der Waals surface area contributed by atoms with E-state index in [0.29, 0.717) is 12.1 Å². The van der Waals surface area contributed by atoms with Crippen LogP contribution in [0.15, 0.2) is 41.6 Å². The number of nitrogens with zero attached hydrogens (tertiary/aromatic N) is 2. The number of pyridine rings is 1. The molecular formula is C20H19F3N4O5S. The molecule has 176 valence electrons. The van der Waals surface area contributed by atoms with Gasteiger partial charge in [0, 0.05) is 6.20 Å². The summed E-state index contributed by atoms with van der Waals surface area (Å²) in [5, 5.41) is 28.6. The lowest BCUT2D eigenvalue weighted by molar-refractivity contribution is -0.192. The first-order chi connectivity index (χ1) is 15.5. The number of carboxylic acid groups (broad SMARTS) is 2. The molecule has 0 radical (unpaired) electrons. The van der Waals surface area contributed by atoms with Gasteiger partial charge in [0.2, 0.25) is 0 Å². The fraction of sp³-hybridized carbons (Fsp3) is 0.250. The number of carbonyl (C=O) groups excluding carboxylic acids is 1. The van der Waals surface area contributed by atoms with Gasteiger partial charge in [0.25, 0.3) is 5.91 Å². The molecule has 0 fully saturated rings. The molecule has 33 heavy (non-hydrogen) atoms. The fourth-order valence-corrected chi connectivity index (χ4v) is 2.97. The number of alkyl halides is 3. The molecule has 0 atom stereocenters. The van der Waals surface area contributed by atoms with Gasteiger partial charge in [-0.2, -0.15) is 18.4 Å². The number of carbonyl (C=O) groups is 3. The highest BCUT2D eigenvalue weighted by atomic mass is 32.2. The van der Waals surface area contributed by atoms with Gasteiger partial charge < -0.3 is 21.3 Å². The SMILES string of the molecule is N#Cc1ccc(NC(=O)c2ccc(SCCCCN)nc2)c(C(=O)O)c1.O=C(O)C(F)(F)F. The molecule has 0 spiro atoms. The molecule has 1 heterocycles. The Bertz CT molecular complexity index is 1020. The van der Waals surface area contributed by atoms with E-state index in [0.717, 1.165) is 23.6 Å². The van der Waals surface area contributed by atoms with Crippen LogP contribution in [0.25, 0.3) is 0 Å². The van der Waals surface area contributed by atoms with Gasteiger partial charge in [-0.05, 0) is 55.5 Å². The van der Waals surface area contributed by atoms with Crippen molar-refractivity contribution in [2.24, 2.45) is 5.73 Å². The zero-order valence-electron chi connectivity index (χ0n) is 16.9. The van der Waals surface area contributed by atoms with Gasteiger partial charge in [0.15, 0.2) is 0 Å². The maximum Gasteiger partial charge on any atom is 0.490 e. The third-order valence-corrected chi connectivity index (χ3v) is 4.75. The summed E-state index contributed by atoms with van der Waals surface area (Å²) >= 11 is 1.59. The molecule has 0 aliphatic carbocycles. The van der Waals surface area contributed by atoms with E-state index in [1.807, 2.05) is 6.07 Å². The molecule has 13 heteroatoms. The van der Waals surface area contributed by atoms with Crippen LogP contribution in [-0.4, -0.2) is 51.5 Å². The summed E-state index contributed by atoms with van der Waals surface area (Å²) in [5.41, 5.74) is 5.96. The number of carboxylic acids is 2. The highest BCUT2D eigenvalue weighted by Gasteiger charge is 2.38. The molecule has 2 aromatic rings. The number of aliphatic carboxylic acids is 1. The Morgan fingerprint density at radius 2 is 1.82 bits per heavy atom. The average Bonchev–Trinajstić information content (AvgIpc) is 2.77. The van der Waals surface area contributed by atoms with Crippen LogP contribution in [0.3, 0.4) is 0 Å². The Morgan fingerprint density at radius 1 is 1.15 bits per heavy atom. The number of hydrogen-bond donors (Lipinski definition) is 4. The molecule has 1 aromatic heterocycles. The molecule has 0 saturated carbocycles. The predicted octanol–water partition coefficient (Wildman–Crippen LogP) is 3.37. The highest BCUT2D eigenvalue weighted by Crippen LogP contribution is 2.20. The second-order valence-corrected chi connectivity index (χ2v) is 7.28. The minimum Gasteiger partial charge on any atom is -0.478 e. The number of benzene rings is 1. The quantitative estimate of drug-likeness (QED) is 0.324. The van der Waals surface area contributed by atoms with E-state index in [1.165, 1.54) is 24.4 Å². The van der Waals surface area contributed by atoms with Gasteiger partial charge in [-0.25, -0.2) is 14.6 Å². The number of halogens is 3. The van der Waals surface area contributed by atoms with Crippen molar-refractivity contribution in [3.05, 3.63) is 53.2 Å². The molecular weight excluding hydrogens is 465 g/mol. The minimum absolute atomic E-state index is 0.127. The Morgan fingerprint density at radius 3 is 2.30 bits per heavy atom. The lowest BCUT2D eigenvalue weighted by atomic mass is 10.1. The van der Waals surface area contributed by atoms with E-state index in [9.17, 15) is 27.9 Å². The van der Waals surface area contributed by atoms with Crippen LogP contribution in [-0.2, 0) is 4.79 Å². The molecule has 0 saturated heterocycles. The summed E-state index contributed by atoms with van der Waals surface area (Å²) in [4.78, 5) is 36.8. The van der Waals surface area contributed by atoms with Crippen LogP contribution in [0.5, 0.6) is 0 Å². The first kappa shape index (κ1) is 27.4. The Kier molecular flexibility index (Phi) is 10.8. The number of nitrogens with one attached hydrogen (secondary N) is 1. The van der Waals surface area contributed by atoms with Gasteiger partial charge in [0.05, 0.1) is 33.5 Å².